The SMILES string of the molecule is CCCOn1c(-c2ccccc2)[n+]([O-])c2ccc(NO)cc21. The summed E-state index contributed by atoms with van der Waals surface area (Å²) in [5.41, 5.74) is 4.43. The van der Waals surface area contributed by atoms with Crippen LogP contribution < -0.4 is 15.0 Å². The molecule has 2 N–H and O–H groups in total. The van der Waals surface area contributed by atoms with Gasteiger partial charge in [-0.25, -0.2) is 4.73 Å². The number of benzene rings is 2. The molecule has 0 aliphatic heterocycles. The van der Waals surface area contributed by atoms with Crippen molar-refractivity contribution in [3.63, 3.8) is 0 Å². The number of fused-ring (bicyclic) bond motifs is 1. The summed E-state index contributed by atoms with van der Waals surface area (Å²) in [6.45, 7) is 2.49. The summed E-state index contributed by atoms with van der Waals surface area (Å²) in [6, 6.07) is 14.3. The minimum absolute atomic E-state index is 0.416. The van der Waals surface area contributed by atoms with Crippen LogP contribution in [0.1, 0.15) is 13.3 Å². The molecule has 0 aliphatic carbocycles. The number of anilines is 1. The summed E-state index contributed by atoms with van der Waals surface area (Å²) in [5.74, 6) is 0.416. The Hall–Kier alpha value is -2.73. The normalized spacial score (nSPS) is 10.8. The molecule has 1 aromatic heterocycles. The first-order chi connectivity index (χ1) is 10.8. The lowest BCUT2D eigenvalue weighted by atomic mass is 10.2. The maximum absolute atomic E-state index is 12.6. The fraction of sp³-hybridized carbons (Fsp3) is 0.188. The molecule has 0 unspecified atom stereocenters. The Bertz CT molecular complexity index is 784. The monoisotopic (exact) mass is 299 g/mol. The highest BCUT2D eigenvalue weighted by atomic mass is 16.7. The van der Waals surface area contributed by atoms with Crippen LogP contribution in [-0.2, 0) is 0 Å². The molecular weight excluding hydrogens is 282 g/mol. The molecule has 2 aromatic carbocycles. The van der Waals surface area contributed by atoms with Gasteiger partial charge < -0.3 is 10.0 Å². The van der Waals surface area contributed by atoms with Crippen LogP contribution >= 0.6 is 0 Å². The number of aromatic nitrogens is 2. The predicted octanol–water partition coefficient (Wildman–Crippen LogP) is 2.58. The summed E-state index contributed by atoms with van der Waals surface area (Å²) in [6.07, 6.45) is 0.824. The molecule has 0 atom stereocenters. The zero-order valence-corrected chi connectivity index (χ0v) is 12.2. The van der Waals surface area contributed by atoms with Crippen molar-refractivity contribution >= 4 is 16.7 Å². The standard InChI is InChI=1S/C16H17N3O3/c1-2-10-22-19-15-11-13(17-20)8-9-14(15)18(21)16(19)12-6-4-3-5-7-12/h3-9,11,17,20H,2,10H2,1H3. The average molecular weight is 299 g/mol. The van der Waals surface area contributed by atoms with Crippen molar-refractivity contribution in [1.82, 2.24) is 4.73 Å². The molecule has 3 aromatic rings. The Balaban J connectivity index is 2.27. The van der Waals surface area contributed by atoms with Gasteiger partial charge in [-0.05, 0) is 35.4 Å². The zero-order valence-electron chi connectivity index (χ0n) is 12.2. The van der Waals surface area contributed by atoms with Crippen molar-refractivity contribution in [2.24, 2.45) is 0 Å². The first-order valence-corrected chi connectivity index (χ1v) is 7.13. The van der Waals surface area contributed by atoms with Gasteiger partial charge in [0.05, 0.1) is 11.3 Å². The Morgan fingerprint density at radius 1 is 1.23 bits per heavy atom. The van der Waals surface area contributed by atoms with Crippen LogP contribution in [0.15, 0.2) is 48.5 Å². The highest BCUT2D eigenvalue weighted by Gasteiger charge is 2.25. The molecule has 0 spiro atoms. The lowest BCUT2D eigenvalue weighted by Gasteiger charge is -2.06. The quantitative estimate of drug-likeness (QED) is 0.431. The largest absolute Gasteiger partial charge is 0.710 e. The van der Waals surface area contributed by atoms with Crippen molar-refractivity contribution < 1.29 is 14.8 Å². The van der Waals surface area contributed by atoms with Gasteiger partial charge >= 0.3 is 5.82 Å². The molecule has 6 heteroatoms. The van der Waals surface area contributed by atoms with E-state index in [2.05, 4.69) is 5.48 Å². The highest BCUT2D eigenvalue weighted by Crippen LogP contribution is 2.24. The molecule has 6 nitrogen and oxygen atoms in total. The molecule has 0 saturated heterocycles. The van der Waals surface area contributed by atoms with Gasteiger partial charge in [0.2, 0.25) is 5.52 Å². The number of nitrogens with one attached hydrogen (secondary N) is 1. The van der Waals surface area contributed by atoms with Gasteiger partial charge in [0, 0.05) is 6.07 Å². The van der Waals surface area contributed by atoms with E-state index in [1.807, 2.05) is 37.3 Å². The van der Waals surface area contributed by atoms with Crippen molar-refractivity contribution in [3.05, 3.63) is 53.7 Å². The second-order valence-corrected chi connectivity index (χ2v) is 4.93. The van der Waals surface area contributed by atoms with Gasteiger partial charge in [0.15, 0.2) is 5.52 Å². The average Bonchev–Trinajstić information content (AvgIpc) is 2.85. The fourth-order valence-electron chi connectivity index (χ4n) is 2.37. The third-order valence-electron chi connectivity index (χ3n) is 3.38. The van der Waals surface area contributed by atoms with Gasteiger partial charge in [-0.2, -0.15) is 0 Å². The molecule has 0 amide bonds. The van der Waals surface area contributed by atoms with Gasteiger partial charge in [-0.15, -0.1) is 0 Å². The Morgan fingerprint density at radius 3 is 2.68 bits per heavy atom. The number of rotatable bonds is 5. The molecule has 0 fully saturated rings. The molecule has 0 radical (unpaired) electrons. The first-order valence-electron chi connectivity index (χ1n) is 7.13. The van der Waals surface area contributed by atoms with Gasteiger partial charge in [0.25, 0.3) is 0 Å². The van der Waals surface area contributed by atoms with Crippen LogP contribution in [0.4, 0.5) is 5.69 Å². The highest BCUT2D eigenvalue weighted by molar-refractivity contribution is 5.79. The van der Waals surface area contributed by atoms with Crippen LogP contribution in [0.2, 0.25) is 0 Å². The molecular formula is C16H17N3O3. The fourth-order valence-corrected chi connectivity index (χ4v) is 2.37. The van der Waals surface area contributed by atoms with E-state index in [0.29, 0.717) is 29.2 Å². The van der Waals surface area contributed by atoms with Gasteiger partial charge in [-0.1, -0.05) is 25.1 Å². The minimum atomic E-state index is 0.416. The van der Waals surface area contributed by atoms with E-state index >= 15 is 0 Å². The molecule has 22 heavy (non-hydrogen) atoms. The van der Waals surface area contributed by atoms with Crippen LogP contribution in [0.25, 0.3) is 22.4 Å². The molecule has 0 aliphatic rings. The van der Waals surface area contributed by atoms with E-state index in [4.69, 9.17) is 10.0 Å². The summed E-state index contributed by atoms with van der Waals surface area (Å²) in [4.78, 5) is 5.76. The number of hydrogen-bond acceptors (Lipinski definition) is 4. The van der Waals surface area contributed by atoms with Crippen LogP contribution in [-0.4, -0.2) is 16.5 Å². The second kappa shape index (κ2) is 5.95. The second-order valence-electron chi connectivity index (χ2n) is 4.93. The summed E-state index contributed by atoms with van der Waals surface area (Å²) in [5, 5.41) is 21.7. The molecule has 1 heterocycles. The summed E-state index contributed by atoms with van der Waals surface area (Å²) < 4.78 is 2.38. The van der Waals surface area contributed by atoms with E-state index in [0.717, 1.165) is 16.7 Å². The maximum Gasteiger partial charge on any atom is 0.332 e. The van der Waals surface area contributed by atoms with E-state index in [9.17, 15) is 5.21 Å². The van der Waals surface area contributed by atoms with Crippen LogP contribution in [0, 0.1) is 5.21 Å². The van der Waals surface area contributed by atoms with Gasteiger partial charge in [-0.3, -0.25) is 10.7 Å². The van der Waals surface area contributed by atoms with Crippen LogP contribution in [0.5, 0.6) is 0 Å². The number of nitrogens with zero attached hydrogens (tertiary/aromatic N) is 2. The molecule has 3 rings (SSSR count). The molecule has 0 saturated carbocycles. The van der Waals surface area contributed by atoms with E-state index in [1.165, 1.54) is 4.73 Å². The Morgan fingerprint density at radius 2 is 2.00 bits per heavy atom. The molecule has 114 valence electrons. The lowest BCUT2D eigenvalue weighted by Crippen LogP contribution is -2.29. The summed E-state index contributed by atoms with van der Waals surface area (Å²) in [7, 11) is 0. The van der Waals surface area contributed by atoms with Crippen LogP contribution in [0.3, 0.4) is 0 Å². The van der Waals surface area contributed by atoms with E-state index < -0.39 is 0 Å². The summed E-state index contributed by atoms with van der Waals surface area (Å²) >= 11 is 0. The predicted molar refractivity (Wildman–Crippen MR) is 83.5 cm³/mol. The van der Waals surface area contributed by atoms with Crippen molar-refractivity contribution in [1.29, 1.82) is 0 Å². The topological polar surface area (TPSA) is 73.4 Å². The lowest BCUT2D eigenvalue weighted by molar-refractivity contribution is -0.567. The zero-order chi connectivity index (χ0) is 15.5. The smallest absolute Gasteiger partial charge is 0.332 e. The van der Waals surface area contributed by atoms with E-state index in [1.54, 1.807) is 18.2 Å². The number of hydrogen-bond donors (Lipinski definition) is 2. The van der Waals surface area contributed by atoms with Gasteiger partial charge in [0.1, 0.15) is 6.61 Å². The Kier molecular flexibility index (Phi) is 3.84. The van der Waals surface area contributed by atoms with Crippen molar-refractivity contribution in [2.75, 3.05) is 12.1 Å². The number of imidazole rings is 1. The third-order valence-corrected chi connectivity index (χ3v) is 3.38. The maximum atomic E-state index is 12.6. The van der Waals surface area contributed by atoms with Crippen molar-refractivity contribution in [3.8, 4) is 11.4 Å². The minimum Gasteiger partial charge on any atom is -0.710 e. The van der Waals surface area contributed by atoms with Crippen molar-refractivity contribution in [2.45, 2.75) is 13.3 Å². The Labute approximate surface area is 127 Å². The van der Waals surface area contributed by atoms with E-state index in [-0.39, 0.29) is 0 Å². The first kappa shape index (κ1) is 14.2. The third kappa shape index (κ3) is 2.33. The molecule has 0 bridgehead atoms.